The lowest BCUT2D eigenvalue weighted by atomic mass is 10.1. The number of fused-ring (bicyclic) bond motifs is 2. The maximum Gasteiger partial charge on any atom is 0.205 e. The van der Waals surface area contributed by atoms with E-state index >= 15 is 0 Å². The van der Waals surface area contributed by atoms with Gasteiger partial charge in [-0.2, -0.15) is 4.57 Å². The predicted octanol–water partition coefficient (Wildman–Crippen LogP) is 6.70. The fraction of sp³-hybridized carbons (Fsp3) is 0.0741. The number of benzene rings is 2. The molecule has 0 aliphatic rings. The van der Waals surface area contributed by atoms with Crippen molar-refractivity contribution in [2.24, 2.45) is 5.73 Å². The van der Waals surface area contributed by atoms with Crippen molar-refractivity contribution in [3.63, 3.8) is 0 Å². The minimum Gasteiger partial charge on any atom is -0.325 e. The Labute approximate surface area is 190 Å². The molecule has 4 heteroatoms. The molecular weight excluding hydrogens is 416 g/mol. The maximum atomic E-state index is 5.96. The third-order valence-corrected chi connectivity index (χ3v) is 7.36. The third kappa shape index (κ3) is 4.10. The molecule has 0 bridgehead atoms. The molecule has 0 radical (unpaired) electrons. The van der Waals surface area contributed by atoms with Crippen LogP contribution in [0, 0.1) is 0 Å². The van der Waals surface area contributed by atoms with Crippen molar-refractivity contribution in [2.75, 3.05) is 6.54 Å². The summed E-state index contributed by atoms with van der Waals surface area (Å²) < 4.78 is 4.92. The van der Waals surface area contributed by atoms with Crippen molar-refractivity contribution in [3.05, 3.63) is 100 Å². The molecule has 31 heavy (non-hydrogen) atoms. The Morgan fingerprint density at radius 2 is 1.16 bits per heavy atom. The number of nitrogens with two attached hydrogens (primary N) is 1. The normalized spacial score (nSPS) is 12.0. The summed E-state index contributed by atoms with van der Waals surface area (Å²) >= 11 is 3.57. The van der Waals surface area contributed by atoms with Crippen LogP contribution in [-0.2, 0) is 6.54 Å². The van der Waals surface area contributed by atoms with Crippen molar-refractivity contribution >= 4 is 67.1 Å². The Hall–Kier alpha value is -3.05. The molecule has 0 aliphatic heterocycles. The molecule has 0 saturated heterocycles. The topological polar surface area (TPSA) is 29.9 Å². The average molecular weight is 440 g/mol. The van der Waals surface area contributed by atoms with Crippen molar-refractivity contribution in [1.82, 2.24) is 0 Å². The van der Waals surface area contributed by atoms with Gasteiger partial charge in [0.1, 0.15) is 0 Å². The molecule has 0 spiro atoms. The Morgan fingerprint density at radius 1 is 0.645 bits per heavy atom. The monoisotopic (exact) mass is 439 g/mol. The number of thiophene rings is 2. The molecule has 3 aromatic heterocycles. The maximum absolute atomic E-state index is 5.96. The number of rotatable bonds is 6. The van der Waals surface area contributed by atoms with Gasteiger partial charge in [0.2, 0.25) is 11.4 Å². The first-order valence-electron chi connectivity index (χ1n) is 10.3. The third-order valence-electron chi connectivity index (χ3n) is 5.40. The van der Waals surface area contributed by atoms with Gasteiger partial charge in [0, 0.05) is 33.7 Å². The van der Waals surface area contributed by atoms with Crippen LogP contribution in [0.4, 0.5) is 0 Å². The minimum atomic E-state index is 0.596. The minimum absolute atomic E-state index is 0.596. The molecule has 152 valence electrons. The van der Waals surface area contributed by atoms with Crippen LogP contribution in [0.2, 0.25) is 0 Å². The van der Waals surface area contributed by atoms with Crippen LogP contribution in [0.5, 0.6) is 0 Å². The fourth-order valence-corrected chi connectivity index (χ4v) is 5.72. The quantitative estimate of drug-likeness (QED) is 0.293. The van der Waals surface area contributed by atoms with E-state index in [-0.39, 0.29) is 0 Å². The Balaban J connectivity index is 1.50. The van der Waals surface area contributed by atoms with Crippen LogP contribution in [0.15, 0.2) is 77.5 Å². The van der Waals surface area contributed by atoms with Crippen LogP contribution >= 0.6 is 22.7 Å². The van der Waals surface area contributed by atoms with Crippen molar-refractivity contribution < 1.29 is 4.57 Å². The van der Waals surface area contributed by atoms with E-state index < -0.39 is 0 Å². The lowest BCUT2D eigenvalue weighted by molar-refractivity contribution is -0.697. The summed E-state index contributed by atoms with van der Waals surface area (Å²) in [6.45, 7) is 1.37. The van der Waals surface area contributed by atoms with Crippen molar-refractivity contribution in [3.8, 4) is 0 Å². The van der Waals surface area contributed by atoms with Gasteiger partial charge < -0.3 is 5.73 Å². The highest BCUT2D eigenvalue weighted by Crippen LogP contribution is 2.28. The van der Waals surface area contributed by atoms with Crippen molar-refractivity contribution in [2.45, 2.75) is 6.54 Å². The molecule has 0 atom stereocenters. The molecule has 5 rings (SSSR count). The van der Waals surface area contributed by atoms with Gasteiger partial charge in [-0.25, -0.2) is 0 Å². The zero-order chi connectivity index (χ0) is 21.0. The highest BCUT2D eigenvalue weighted by Gasteiger charge is 2.12. The number of aromatic nitrogens is 1. The summed E-state index contributed by atoms with van der Waals surface area (Å²) in [5.74, 6) is 0. The van der Waals surface area contributed by atoms with Crippen LogP contribution in [0.3, 0.4) is 0 Å². The lowest BCUT2D eigenvalue weighted by Crippen LogP contribution is -2.43. The second-order valence-electron chi connectivity index (χ2n) is 7.36. The Morgan fingerprint density at radius 3 is 1.68 bits per heavy atom. The molecule has 2 aromatic carbocycles. The molecule has 2 nitrogen and oxygen atoms in total. The first kappa shape index (κ1) is 19.9. The second kappa shape index (κ2) is 8.98. The molecule has 3 heterocycles. The van der Waals surface area contributed by atoms with Gasteiger partial charge in [-0.15, -0.1) is 22.7 Å². The zero-order valence-electron chi connectivity index (χ0n) is 17.1. The van der Waals surface area contributed by atoms with Crippen LogP contribution in [0.1, 0.15) is 22.5 Å². The largest absolute Gasteiger partial charge is 0.325 e. The molecule has 0 amide bonds. The van der Waals surface area contributed by atoms with E-state index in [2.05, 4.69) is 106 Å². The summed E-state index contributed by atoms with van der Waals surface area (Å²) in [6.07, 6.45) is 8.81. The van der Waals surface area contributed by atoms with Crippen LogP contribution in [0.25, 0.3) is 44.5 Å². The smallest absolute Gasteiger partial charge is 0.205 e. The fourth-order valence-electron chi connectivity index (χ4n) is 3.86. The van der Waals surface area contributed by atoms with Gasteiger partial charge in [-0.1, -0.05) is 36.4 Å². The average Bonchev–Trinajstić information content (AvgIpc) is 3.42. The van der Waals surface area contributed by atoms with Gasteiger partial charge in [0.05, 0.1) is 6.54 Å². The summed E-state index contributed by atoms with van der Waals surface area (Å²) in [4.78, 5) is 0. The number of pyridine rings is 1. The van der Waals surface area contributed by atoms with Crippen LogP contribution in [-0.4, -0.2) is 6.54 Å². The predicted molar refractivity (Wildman–Crippen MR) is 137 cm³/mol. The van der Waals surface area contributed by atoms with E-state index in [0.717, 1.165) is 17.9 Å². The first-order chi connectivity index (χ1) is 15.3. The van der Waals surface area contributed by atoms with Gasteiger partial charge in [0.25, 0.3) is 0 Å². The standard InChI is InChI=1S/C27H23N2S2/c28-16-17-29-22(14-12-20-18-30-26-10-3-1-8-24(20)26)6-5-7-23(29)15-13-21-19-31-27-11-4-2-9-25(21)27/h1-15,18-19H,16-17,28H2/q+1/b14-12+,15-13+. The highest BCUT2D eigenvalue weighted by molar-refractivity contribution is 7.17. The number of nitrogens with zero attached hydrogens (tertiary/aromatic N) is 1. The first-order valence-corrected chi connectivity index (χ1v) is 12.1. The molecule has 0 aliphatic carbocycles. The summed E-state index contributed by atoms with van der Waals surface area (Å²) in [5.41, 5.74) is 10.8. The molecule has 0 fully saturated rings. The van der Waals surface area contributed by atoms with E-state index in [4.69, 9.17) is 5.73 Å². The Kier molecular flexibility index (Phi) is 5.76. The van der Waals surface area contributed by atoms with E-state index in [0.29, 0.717) is 6.54 Å². The summed E-state index contributed by atoms with van der Waals surface area (Å²) in [7, 11) is 0. The SMILES string of the molecule is NCC[n+]1c(/C=C/c2csc3ccccc23)cccc1/C=C/c1csc2ccccc12. The van der Waals surface area contributed by atoms with Gasteiger partial charge in [0.15, 0.2) is 6.54 Å². The number of hydrogen-bond donors (Lipinski definition) is 1. The second-order valence-corrected chi connectivity index (χ2v) is 9.18. The van der Waals surface area contributed by atoms with Gasteiger partial charge in [-0.3, -0.25) is 0 Å². The van der Waals surface area contributed by atoms with E-state index in [1.165, 1.54) is 31.3 Å². The molecule has 0 saturated carbocycles. The van der Waals surface area contributed by atoms with E-state index in [1.54, 1.807) is 22.7 Å². The Bertz CT molecular complexity index is 1300. The number of hydrogen-bond acceptors (Lipinski definition) is 3. The summed E-state index contributed by atoms with van der Waals surface area (Å²) in [6, 6.07) is 23.5. The highest BCUT2D eigenvalue weighted by atomic mass is 32.1. The molecule has 0 unspecified atom stereocenters. The van der Waals surface area contributed by atoms with Crippen molar-refractivity contribution in [1.29, 1.82) is 0 Å². The summed E-state index contributed by atoms with van der Waals surface area (Å²) in [5, 5.41) is 7.05. The van der Waals surface area contributed by atoms with E-state index in [9.17, 15) is 0 Å². The zero-order valence-corrected chi connectivity index (χ0v) is 18.7. The van der Waals surface area contributed by atoms with E-state index in [1.807, 2.05) is 0 Å². The van der Waals surface area contributed by atoms with Gasteiger partial charge in [-0.05, 0) is 63.0 Å². The van der Waals surface area contributed by atoms with Crippen LogP contribution < -0.4 is 10.3 Å². The lowest BCUT2D eigenvalue weighted by Gasteiger charge is -2.03. The molecule has 2 N–H and O–H groups in total. The molecule has 5 aromatic rings. The molecular formula is C27H23N2S2+. The van der Waals surface area contributed by atoms with Gasteiger partial charge >= 0.3 is 0 Å².